The second-order valence-electron chi connectivity index (χ2n) is 6.74. The number of carbonyl (C=O) groups is 1. The highest BCUT2D eigenvalue weighted by atomic mass is 32.2. The van der Waals surface area contributed by atoms with Crippen molar-refractivity contribution in [2.45, 2.75) is 24.8 Å². The molecule has 4 heterocycles. The zero-order valence-electron chi connectivity index (χ0n) is 15.5. The smallest absolute Gasteiger partial charge is 0.251 e. The first-order valence-corrected chi connectivity index (χ1v) is 9.61. The number of allylic oxidation sites excluding steroid dienone is 1. The fraction of sp³-hybridized carbons (Fsp3) is 0.263. The molecule has 2 aromatic heterocycles. The SMILES string of the molecule is CC(=N)/C(C)=C1\C(=N)Sc2c1ncnc2N1CC(NC(=O)c2ccncc2)C1. The molecule has 1 amide bonds. The summed E-state index contributed by atoms with van der Waals surface area (Å²) in [5.41, 5.74) is 3.20. The zero-order valence-corrected chi connectivity index (χ0v) is 16.3. The van der Waals surface area contributed by atoms with Crippen molar-refractivity contribution in [3.8, 4) is 0 Å². The number of nitrogens with zero attached hydrogens (tertiary/aromatic N) is 4. The minimum Gasteiger partial charge on any atom is -0.351 e. The van der Waals surface area contributed by atoms with E-state index in [9.17, 15) is 4.79 Å². The molecule has 0 aliphatic carbocycles. The molecule has 142 valence electrons. The first kappa shape index (κ1) is 18.3. The van der Waals surface area contributed by atoms with Gasteiger partial charge in [0, 0.05) is 42.3 Å². The largest absolute Gasteiger partial charge is 0.351 e. The third-order valence-corrected chi connectivity index (χ3v) is 5.84. The lowest BCUT2D eigenvalue weighted by molar-refractivity contribution is 0.0930. The highest BCUT2D eigenvalue weighted by molar-refractivity contribution is 8.15. The van der Waals surface area contributed by atoms with Crippen LogP contribution in [-0.4, -0.2) is 50.7 Å². The molecule has 2 aliphatic heterocycles. The summed E-state index contributed by atoms with van der Waals surface area (Å²) in [6.07, 6.45) is 4.70. The summed E-state index contributed by atoms with van der Waals surface area (Å²) in [6.45, 7) is 4.86. The average Bonchev–Trinajstić information content (AvgIpc) is 3.00. The van der Waals surface area contributed by atoms with Crippen LogP contribution in [0, 0.1) is 10.8 Å². The molecular formula is C19H19N7OS. The third-order valence-electron chi connectivity index (χ3n) is 4.85. The van der Waals surface area contributed by atoms with E-state index in [-0.39, 0.29) is 11.9 Å². The van der Waals surface area contributed by atoms with Crippen molar-refractivity contribution in [1.29, 1.82) is 10.8 Å². The van der Waals surface area contributed by atoms with Crippen LogP contribution in [0.2, 0.25) is 0 Å². The fourth-order valence-corrected chi connectivity index (χ4v) is 4.25. The number of thioether (sulfide) groups is 1. The lowest BCUT2D eigenvalue weighted by atomic mass is 10.0. The Labute approximate surface area is 166 Å². The normalized spacial score (nSPS) is 17.8. The van der Waals surface area contributed by atoms with E-state index in [0.29, 0.717) is 40.7 Å². The number of anilines is 1. The van der Waals surface area contributed by atoms with Crippen molar-refractivity contribution in [1.82, 2.24) is 20.3 Å². The fourth-order valence-electron chi connectivity index (χ4n) is 3.17. The highest BCUT2D eigenvalue weighted by Gasteiger charge is 2.36. The van der Waals surface area contributed by atoms with E-state index in [1.807, 2.05) is 6.92 Å². The summed E-state index contributed by atoms with van der Waals surface area (Å²) >= 11 is 1.33. The number of rotatable bonds is 4. The number of nitrogens with one attached hydrogen (secondary N) is 3. The molecule has 0 atom stereocenters. The summed E-state index contributed by atoms with van der Waals surface area (Å²) in [4.78, 5) is 27.9. The van der Waals surface area contributed by atoms with Gasteiger partial charge in [0.2, 0.25) is 0 Å². The van der Waals surface area contributed by atoms with E-state index < -0.39 is 0 Å². The van der Waals surface area contributed by atoms with Crippen molar-refractivity contribution in [3.05, 3.63) is 47.7 Å². The van der Waals surface area contributed by atoms with Gasteiger partial charge in [-0.25, -0.2) is 9.97 Å². The van der Waals surface area contributed by atoms with E-state index in [2.05, 4.69) is 25.2 Å². The van der Waals surface area contributed by atoms with Gasteiger partial charge in [0.1, 0.15) is 17.2 Å². The van der Waals surface area contributed by atoms with Crippen LogP contribution in [0.4, 0.5) is 5.82 Å². The molecule has 9 heteroatoms. The van der Waals surface area contributed by atoms with Crippen LogP contribution >= 0.6 is 11.8 Å². The van der Waals surface area contributed by atoms with E-state index in [0.717, 1.165) is 16.3 Å². The minimum atomic E-state index is -0.113. The first-order valence-electron chi connectivity index (χ1n) is 8.80. The zero-order chi connectivity index (χ0) is 19.8. The van der Waals surface area contributed by atoms with Gasteiger partial charge < -0.3 is 15.6 Å². The number of hydrogen-bond acceptors (Lipinski definition) is 8. The van der Waals surface area contributed by atoms with Crippen molar-refractivity contribution in [3.63, 3.8) is 0 Å². The second-order valence-corrected chi connectivity index (χ2v) is 7.76. The molecule has 0 unspecified atom stereocenters. The molecule has 0 bridgehead atoms. The summed E-state index contributed by atoms with van der Waals surface area (Å²) in [5, 5.41) is 19.6. The van der Waals surface area contributed by atoms with Crippen LogP contribution in [0.3, 0.4) is 0 Å². The van der Waals surface area contributed by atoms with Crippen LogP contribution in [0.1, 0.15) is 29.9 Å². The summed E-state index contributed by atoms with van der Waals surface area (Å²) in [5.74, 6) is 0.665. The van der Waals surface area contributed by atoms with Crippen molar-refractivity contribution < 1.29 is 4.79 Å². The van der Waals surface area contributed by atoms with Gasteiger partial charge in [-0.15, -0.1) is 0 Å². The first-order chi connectivity index (χ1) is 13.5. The molecule has 4 rings (SSSR count). The van der Waals surface area contributed by atoms with Crippen molar-refractivity contribution in [2.75, 3.05) is 18.0 Å². The molecule has 2 aromatic rings. The molecular weight excluding hydrogens is 374 g/mol. The summed E-state index contributed by atoms with van der Waals surface area (Å²) in [6, 6.07) is 3.41. The molecule has 28 heavy (non-hydrogen) atoms. The van der Waals surface area contributed by atoms with E-state index in [1.54, 1.807) is 31.5 Å². The van der Waals surface area contributed by atoms with E-state index >= 15 is 0 Å². The van der Waals surface area contributed by atoms with Crippen LogP contribution in [0.25, 0.3) is 5.57 Å². The number of fused-ring (bicyclic) bond motifs is 1. The Morgan fingerprint density at radius 2 is 1.96 bits per heavy atom. The van der Waals surface area contributed by atoms with Gasteiger partial charge in [-0.05, 0) is 31.6 Å². The maximum absolute atomic E-state index is 12.3. The van der Waals surface area contributed by atoms with Gasteiger partial charge in [0.05, 0.1) is 16.6 Å². The predicted octanol–water partition coefficient (Wildman–Crippen LogP) is 2.39. The van der Waals surface area contributed by atoms with Crippen molar-refractivity contribution in [2.24, 2.45) is 0 Å². The van der Waals surface area contributed by atoms with E-state index in [1.165, 1.54) is 18.1 Å². The molecule has 3 N–H and O–H groups in total. The number of hydrogen-bond donors (Lipinski definition) is 3. The van der Waals surface area contributed by atoms with Gasteiger partial charge in [0.15, 0.2) is 0 Å². The third kappa shape index (κ3) is 3.18. The maximum Gasteiger partial charge on any atom is 0.251 e. The molecule has 0 saturated carbocycles. The average molecular weight is 393 g/mol. The topological polar surface area (TPSA) is 119 Å². The number of carbonyl (C=O) groups excluding carboxylic acids is 1. The Morgan fingerprint density at radius 3 is 2.64 bits per heavy atom. The maximum atomic E-state index is 12.3. The van der Waals surface area contributed by atoms with Gasteiger partial charge in [0.25, 0.3) is 5.91 Å². The van der Waals surface area contributed by atoms with Gasteiger partial charge in [-0.3, -0.25) is 15.2 Å². The number of amides is 1. The number of aromatic nitrogens is 3. The summed E-state index contributed by atoms with van der Waals surface area (Å²) < 4.78 is 0. The molecule has 0 radical (unpaired) electrons. The minimum absolute atomic E-state index is 0.0395. The Bertz CT molecular complexity index is 1010. The van der Waals surface area contributed by atoms with Gasteiger partial charge >= 0.3 is 0 Å². The standard InChI is InChI=1S/C19H19N7OS/c1-10(11(2)20)14-15-16(28-17(14)21)18(24-9-23-15)26-7-13(8-26)25-19(27)12-3-5-22-6-4-12/h3-6,9,13,20-21H,7-8H2,1-2H3,(H,25,27)/b14-10-,20-11?,21-17?. The quantitative estimate of drug-likeness (QED) is 0.686. The van der Waals surface area contributed by atoms with E-state index in [4.69, 9.17) is 10.8 Å². The predicted molar refractivity (Wildman–Crippen MR) is 109 cm³/mol. The Hall–Kier alpha value is -3.07. The van der Waals surface area contributed by atoms with Crippen LogP contribution in [0.5, 0.6) is 0 Å². The molecule has 2 aliphatic rings. The lowest BCUT2D eigenvalue weighted by Crippen LogP contribution is -2.59. The molecule has 1 fully saturated rings. The lowest BCUT2D eigenvalue weighted by Gasteiger charge is -2.40. The molecule has 0 spiro atoms. The Morgan fingerprint density at radius 1 is 1.25 bits per heavy atom. The van der Waals surface area contributed by atoms with Crippen LogP contribution < -0.4 is 10.2 Å². The van der Waals surface area contributed by atoms with Gasteiger partial charge in [-0.1, -0.05) is 11.8 Å². The van der Waals surface area contributed by atoms with Crippen molar-refractivity contribution >= 4 is 39.8 Å². The molecule has 1 saturated heterocycles. The summed E-state index contributed by atoms with van der Waals surface area (Å²) in [7, 11) is 0. The molecule has 8 nitrogen and oxygen atoms in total. The van der Waals surface area contributed by atoms with Gasteiger partial charge in [-0.2, -0.15) is 0 Å². The highest BCUT2D eigenvalue weighted by Crippen LogP contribution is 2.45. The Balaban J connectivity index is 1.50. The van der Waals surface area contributed by atoms with Crippen LogP contribution in [-0.2, 0) is 0 Å². The number of pyridine rings is 1. The monoisotopic (exact) mass is 393 g/mol. The second kappa shape index (κ2) is 7.16. The molecule has 0 aromatic carbocycles. The Kier molecular flexibility index (Phi) is 4.68. The van der Waals surface area contributed by atoms with Crippen LogP contribution in [0.15, 0.2) is 41.3 Å².